The number of nitrogens with zero attached hydrogens (tertiary/aromatic N) is 3. The van der Waals surface area contributed by atoms with Crippen molar-refractivity contribution in [1.29, 1.82) is 0 Å². The second kappa shape index (κ2) is 6.84. The van der Waals surface area contributed by atoms with E-state index in [0.29, 0.717) is 12.2 Å². The predicted octanol–water partition coefficient (Wildman–Crippen LogP) is 1.21. The Labute approximate surface area is 153 Å². The SMILES string of the molecule is Cc1ccc(S(=O)(=O)Nc2ccc(N(C)C3CCS(=O)(=O)C3)nn2)cc1. The Balaban J connectivity index is 1.72. The number of sulfone groups is 1. The van der Waals surface area contributed by atoms with E-state index in [2.05, 4.69) is 14.9 Å². The Bertz CT molecular complexity index is 988. The van der Waals surface area contributed by atoms with Crippen molar-refractivity contribution in [2.45, 2.75) is 24.3 Å². The molecule has 1 saturated heterocycles. The van der Waals surface area contributed by atoms with E-state index in [1.54, 1.807) is 30.1 Å². The highest BCUT2D eigenvalue weighted by atomic mass is 32.2. The van der Waals surface area contributed by atoms with Crippen LogP contribution in [-0.2, 0) is 19.9 Å². The monoisotopic (exact) mass is 396 g/mol. The van der Waals surface area contributed by atoms with Gasteiger partial charge in [0.15, 0.2) is 21.5 Å². The molecule has 3 rings (SSSR count). The lowest BCUT2D eigenvalue weighted by molar-refractivity contribution is 0.598. The first-order valence-corrected chi connectivity index (χ1v) is 11.3. The standard InChI is InChI=1S/C16H20N4O4S2/c1-12-3-5-14(6-4-12)26(23,24)19-15-7-8-16(18-17-15)20(2)13-9-10-25(21,22)11-13/h3-8,13H,9-11H2,1-2H3,(H,17,19). The molecule has 1 aromatic carbocycles. The maximum absolute atomic E-state index is 12.4. The summed E-state index contributed by atoms with van der Waals surface area (Å²) in [6.07, 6.45) is 0.544. The van der Waals surface area contributed by atoms with Gasteiger partial charge in [0.1, 0.15) is 0 Å². The van der Waals surface area contributed by atoms with Crippen molar-refractivity contribution in [2.75, 3.05) is 28.2 Å². The van der Waals surface area contributed by atoms with Gasteiger partial charge in [0, 0.05) is 13.1 Å². The van der Waals surface area contributed by atoms with Gasteiger partial charge in [0.25, 0.3) is 10.0 Å². The van der Waals surface area contributed by atoms with Crippen LogP contribution in [-0.4, -0.2) is 51.6 Å². The van der Waals surface area contributed by atoms with Crippen molar-refractivity contribution in [2.24, 2.45) is 0 Å². The molecule has 0 amide bonds. The van der Waals surface area contributed by atoms with Gasteiger partial charge in [0.2, 0.25) is 0 Å². The largest absolute Gasteiger partial charge is 0.354 e. The molecule has 1 fully saturated rings. The molecule has 140 valence electrons. The fraction of sp³-hybridized carbons (Fsp3) is 0.375. The van der Waals surface area contributed by atoms with Gasteiger partial charge >= 0.3 is 0 Å². The first-order chi connectivity index (χ1) is 12.2. The Morgan fingerprint density at radius 2 is 1.81 bits per heavy atom. The van der Waals surface area contributed by atoms with Gasteiger partial charge in [-0.3, -0.25) is 4.72 Å². The number of hydrogen-bond acceptors (Lipinski definition) is 7. The molecular formula is C16H20N4O4S2. The molecule has 0 radical (unpaired) electrons. The molecule has 1 aliphatic rings. The lowest BCUT2D eigenvalue weighted by Gasteiger charge is -2.23. The topological polar surface area (TPSA) is 109 Å². The van der Waals surface area contributed by atoms with Crippen molar-refractivity contribution < 1.29 is 16.8 Å². The normalized spacial score (nSPS) is 19.2. The summed E-state index contributed by atoms with van der Waals surface area (Å²) in [5.41, 5.74) is 0.963. The number of nitrogens with one attached hydrogen (secondary N) is 1. The van der Waals surface area contributed by atoms with E-state index in [0.717, 1.165) is 5.56 Å². The molecule has 0 bridgehead atoms. The third-order valence-electron chi connectivity index (χ3n) is 4.34. The van der Waals surface area contributed by atoms with Gasteiger partial charge in [0.05, 0.1) is 16.4 Å². The maximum atomic E-state index is 12.4. The van der Waals surface area contributed by atoms with Gasteiger partial charge in [-0.15, -0.1) is 10.2 Å². The average molecular weight is 396 g/mol. The summed E-state index contributed by atoms with van der Waals surface area (Å²) in [4.78, 5) is 1.90. The summed E-state index contributed by atoms with van der Waals surface area (Å²) in [6, 6.07) is 9.45. The third-order valence-corrected chi connectivity index (χ3v) is 7.46. The summed E-state index contributed by atoms with van der Waals surface area (Å²) in [6.45, 7) is 1.88. The van der Waals surface area contributed by atoms with Crippen LogP contribution in [0.2, 0.25) is 0 Å². The van der Waals surface area contributed by atoms with Crippen molar-refractivity contribution in [3.05, 3.63) is 42.0 Å². The van der Waals surface area contributed by atoms with Gasteiger partial charge in [-0.2, -0.15) is 0 Å². The zero-order valence-electron chi connectivity index (χ0n) is 14.5. The number of aromatic nitrogens is 2. The Kier molecular flexibility index (Phi) is 4.89. The maximum Gasteiger partial charge on any atom is 0.263 e. The van der Waals surface area contributed by atoms with Crippen LogP contribution < -0.4 is 9.62 Å². The first-order valence-electron chi connectivity index (χ1n) is 8.03. The summed E-state index contributed by atoms with van der Waals surface area (Å²) in [5, 5.41) is 7.92. The molecular weight excluding hydrogens is 376 g/mol. The van der Waals surface area contributed by atoms with Crippen LogP contribution in [0, 0.1) is 6.92 Å². The first kappa shape index (κ1) is 18.6. The molecule has 1 N–H and O–H groups in total. The zero-order chi connectivity index (χ0) is 18.9. The van der Waals surface area contributed by atoms with Crippen molar-refractivity contribution in [3.63, 3.8) is 0 Å². The molecule has 0 spiro atoms. The van der Waals surface area contributed by atoms with Crippen molar-refractivity contribution >= 4 is 31.5 Å². The van der Waals surface area contributed by atoms with Crippen molar-refractivity contribution in [3.8, 4) is 0 Å². The van der Waals surface area contributed by atoms with Crippen LogP contribution in [0.3, 0.4) is 0 Å². The number of hydrogen-bond donors (Lipinski definition) is 1. The van der Waals surface area contributed by atoms with E-state index in [1.165, 1.54) is 18.2 Å². The number of benzene rings is 1. The second-order valence-corrected chi connectivity index (χ2v) is 10.3. The van der Waals surface area contributed by atoms with Gasteiger partial charge < -0.3 is 4.90 Å². The van der Waals surface area contributed by atoms with Crippen molar-refractivity contribution in [1.82, 2.24) is 10.2 Å². The van der Waals surface area contributed by atoms with Crippen LogP contribution in [0.5, 0.6) is 0 Å². The lowest BCUT2D eigenvalue weighted by atomic mass is 10.2. The number of aryl methyl sites for hydroxylation is 1. The summed E-state index contributed by atoms with van der Waals surface area (Å²) >= 11 is 0. The zero-order valence-corrected chi connectivity index (χ0v) is 16.1. The summed E-state index contributed by atoms with van der Waals surface area (Å²) in [5.74, 6) is 0.851. The summed E-state index contributed by atoms with van der Waals surface area (Å²) < 4.78 is 50.3. The molecule has 8 nitrogen and oxygen atoms in total. The fourth-order valence-electron chi connectivity index (χ4n) is 2.75. The van der Waals surface area contributed by atoms with Crippen LogP contribution in [0.15, 0.2) is 41.3 Å². The number of rotatable bonds is 5. The number of sulfonamides is 1. The third kappa shape index (κ3) is 4.13. The Hall–Kier alpha value is -2.20. The predicted molar refractivity (Wildman–Crippen MR) is 99.5 cm³/mol. The highest BCUT2D eigenvalue weighted by Gasteiger charge is 2.31. The van der Waals surface area contributed by atoms with Gasteiger partial charge in [-0.05, 0) is 37.6 Å². The smallest absolute Gasteiger partial charge is 0.263 e. The van der Waals surface area contributed by atoms with Crippen LogP contribution in [0.4, 0.5) is 11.6 Å². The van der Waals surface area contributed by atoms with Crippen LogP contribution >= 0.6 is 0 Å². The Morgan fingerprint density at radius 1 is 1.12 bits per heavy atom. The molecule has 1 aromatic heterocycles. The molecule has 26 heavy (non-hydrogen) atoms. The molecule has 0 saturated carbocycles. The second-order valence-electron chi connectivity index (χ2n) is 6.36. The van der Waals surface area contributed by atoms with E-state index in [9.17, 15) is 16.8 Å². The van der Waals surface area contributed by atoms with E-state index >= 15 is 0 Å². The fourth-order valence-corrected chi connectivity index (χ4v) is 5.52. The quantitative estimate of drug-likeness (QED) is 0.809. The molecule has 1 unspecified atom stereocenters. The highest BCUT2D eigenvalue weighted by Crippen LogP contribution is 2.22. The average Bonchev–Trinajstić information content (AvgIpc) is 2.95. The highest BCUT2D eigenvalue weighted by molar-refractivity contribution is 7.92. The minimum Gasteiger partial charge on any atom is -0.354 e. The van der Waals surface area contributed by atoms with Crippen LogP contribution in [0.1, 0.15) is 12.0 Å². The molecule has 0 aliphatic carbocycles. The van der Waals surface area contributed by atoms with Crippen LogP contribution in [0.25, 0.3) is 0 Å². The minimum absolute atomic E-state index is 0.0903. The molecule has 1 aliphatic heterocycles. The lowest BCUT2D eigenvalue weighted by Crippen LogP contribution is -2.33. The van der Waals surface area contributed by atoms with E-state index in [-0.39, 0.29) is 28.3 Å². The van der Waals surface area contributed by atoms with E-state index in [1.807, 2.05) is 6.92 Å². The molecule has 1 atom stereocenters. The van der Waals surface area contributed by atoms with E-state index in [4.69, 9.17) is 0 Å². The molecule has 2 heterocycles. The number of anilines is 2. The Morgan fingerprint density at radius 3 is 2.35 bits per heavy atom. The van der Waals surface area contributed by atoms with Gasteiger partial charge in [-0.1, -0.05) is 17.7 Å². The van der Waals surface area contributed by atoms with Gasteiger partial charge in [-0.25, -0.2) is 16.8 Å². The minimum atomic E-state index is -3.74. The molecule has 10 heteroatoms. The van der Waals surface area contributed by atoms with E-state index < -0.39 is 19.9 Å². The molecule has 2 aromatic rings. The summed E-state index contributed by atoms with van der Waals surface area (Å²) in [7, 11) is -4.98.